The SMILES string of the molecule is O=C(NC1(CO)CCCC1)c1c(Cl)cccc1OCC1=CC(=O)N2N=C(c3ccccc3)NC2N1. The van der Waals surface area contributed by atoms with Crippen LogP contribution in [0.2, 0.25) is 5.02 Å². The Hall–Kier alpha value is -3.56. The second-order valence-electron chi connectivity index (χ2n) is 8.86. The second-order valence-corrected chi connectivity index (χ2v) is 9.27. The van der Waals surface area contributed by atoms with Crippen molar-refractivity contribution in [2.45, 2.75) is 37.5 Å². The maximum Gasteiger partial charge on any atom is 0.272 e. The minimum atomic E-state index is -0.637. The molecule has 3 aliphatic rings. The van der Waals surface area contributed by atoms with Crippen LogP contribution in [0.5, 0.6) is 5.75 Å². The van der Waals surface area contributed by atoms with Gasteiger partial charge in [-0.3, -0.25) is 9.59 Å². The smallest absolute Gasteiger partial charge is 0.272 e. The predicted molar refractivity (Wildman–Crippen MR) is 131 cm³/mol. The predicted octanol–water partition coefficient (Wildman–Crippen LogP) is 2.32. The number of carbonyl (C=O) groups excluding carboxylic acids is 2. The Balaban J connectivity index is 1.27. The van der Waals surface area contributed by atoms with Crippen LogP contribution in [0.1, 0.15) is 41.6 Å². The molecule has 0 aromatic heterocycles. The van der Waals surface area contributed by atoms with Crippen molar-refractivity contribution >= 4 is 29.3 Å². The molecule has 2 amide bonds. The number of carbonyl (C=O) groups is 2. The minimum absolute atomic E-state index is 0.0181. The monoisotopic (exact) mass is 495 g/mol. The van der Waals surface area contributed by atoms with Gasteiger partial charge in [0, 0.05) is 11.6 Å². The number of aliphatic hydroxyl groups excluding tert-OH is 1. The summed E-state index contributed by atoms with van der Waals surface area (Å²) < 4.78 is 5.94. The number of fused-ring (bicyclic) bond motifs is 1. The standard InChI is InChI=1S/C25H26ClN5O4/c26-18-9-6-10-19(21(18)23(34)29-25(15-32)11-4-5-12-25)35-14-17-13-20(33)31-24(27-17)28-22(30-31)16-7-2-1-3-8-16/h1-3,6-10,13,24,27,32H,4-5,11-12,14-15H2,(H,28,30)(H,29,34). The van der Waals surface area contributed by atoms with Gasteiger partial charge in [0.15, 0.2) is 5.84 Å². The van der Waals surface area contributed by atoms with Crippen molar-refractivity contribution in [1.82, 2.24) is 21.0 Å². The number of ether oxygens (including phenoxy) is 1. The van der Waals surface area contributed by atoms with E-state index in [2.05, 4.69) is 21.1 Å². The van der Waals surface area contributed by atoms with Gasteiger partial charge in [-0.05, 0) is 25.0 Å². The molecular formula is C25H26ClN5O4. The highest BCUT2D eigenvalue weighted by Crippen LogP contribution is 2.32. The first-order valence-corrected chi connectivity index (χ1v) is 11.9. The summed E-state index contributed by atoms with van der Waals surface area (Å²) in [4.78, 5) is 25.8. The van der Waals surface area contributed by atoms with Crippen LogP contribution in [0, 0.1) is 0 Å². The number of nitrogens with zero attached hydrogens (tertiary/aromatic N) is 2. The van der Waals surface area contributed by atoms with Crippen LogP contribution in [-0.2, 0) is 4.79 Å². The van der Waals surface area contributed by atoms with Gasteiger partial charge in [-0.1, -0.05) is 60.8 Å². The average molecular weight is 496 g/mol. The first kappa shape index (κ1) is 23.2. The summed E-state index contributed by atoms with van der Waals surface area (Å²) >= 11 is 6.37. The summed E-state index contributed by atoms with van der Waals surface area (Å²) in [5, 5.41) is 25.2. The molecule has 0 bridgehead atoms. The molecule has 2 aliphatic heterocycles. The first-order chi connectivity index (χ1) is 17.0. The van der Waals surface area contributed by atoms with E-state index in [1.807, 2.05) is 30.3 Å². The van der Waals surface area contributed by atoms with Gasteiger partial charge in [0.1, 0.15) is 12.4 Å². The van der Waals surface area contributed by atoms with E-state index in [9.17, 15) is 14.7 Å². The highest BCUT2D eigenvalue weighted by molar-refractivity contribution is 6.34. The molecule has 1 unspecified atom stereocenters. The van der Waals surface area contributed by atoms with Gasteiger partial charge in [0.05, 0.1) is 28.4 Å². The molecule has 35 heavy (non-hydrogen) atoms. The van der Waals surface area contributed by atoms with Crippen molar-refractivity contribution in [3.05, 3.63) is 76.5 Å². The molecule has 4 N–H and O–H groups in total. The Morgan fingerprint density at radius 3 is 2.69 bits per heavy atom. The number of halogens is 1. The third-order valence-electron chi connectivity index (χ3n) is 6.45. The first-order valence-electron chi connectivity index (χ1n) is 11.5. The molecule has 1 aliphatic carbocycles. The van der Waals surface area contributed by atoms with Crippen molar-refractivity contribution in [3.8, 4) is 5.75 Å². The zero-order chi connectivity index (χ0) is 24.4. The lowest BCUT2D eigenvalue weighted by Crippen LogP contribution is -2.54. The molecular weight excluding hydrogens is 470 g/mol. The highest BCUT2D eigenvalue weighted by atomic mass is 35.5. The van der Waals surface area contributed by atoms with E-state index in [-0.39, 0.29) is 29.7 Å². The molecule has 1 atom stereocenters. The fourth-order valence-corrected chi connectivity index (χ4v) is 4.84. The summed E-state index contributed by atoms with van der Waals surface area (Å²) in [5.74, 6) is 0.193. The minimum Gasteiger partial charge on any atom is -0.487 e. The molecule has 10 heteroatoms. The number of hydrogen-bond donors (Lipinski definition) is 4. The fraction of sp³-hybridized carbons (Fsp3) is 0.320. The zero-order valence-corrected chi connectivity index (χ0v) is 19.7. The van der Waals surface area contributed by atoms with E-state index in [1.165, 1.54) is 11.1 Å². The van der Waals surface area contributed by atoms with Crippen molar-refractivity contribution in [2.75, 3.05) is 13.2 Å². The topological polar surface area (TPSA) is 115 Å². The number of amides is 2. The van der Waals surface area contributed by atoms with Crippen molar-refractivity contribution in [3.63, 3.8) is 0 Å². The van der Waals surface area contributed by atoms with Gasteiger partial charge < -0.3 is 25.8 Å². The zero-order valence-electron chi connectivity index (χ0n) is 19.0. The van der Waals surface area contributed by atoms with Gasteiger partial charge >= 0.3 is 0 Å². The van der Waals surface area contributed by atoms with Crippen molar-refractivity contribution < 1.29 is 19.4 Å². The molecule has 5 rings (SSSR count). The quantitative estimate of drug-likeness (QED) is 0.468. The number of amidine groups is 1. The van der Waals surface area contributed by atoms with Gasteiger partial charge in [0.2, 0.25) is 6.29 Å². The lowest BCUT2D eigenvalue weighted by atomic mass is 9.98. The molecule has 182 valence electrons. The summed E-state index contributed by atoms with van der Waals surface area (Å²) in [6, 6.07) is 14.5. The van der Waals surface area contributed by atoms with E-state index < -0.39 is 17.7 Å². The number of nitrogens with one attached hydrogen (secondary N) is 3. The maximum absolute atomic E-state index is 13.1. The number of benzene rings is 2. The van der Waals surface area contributed by atoms with Gasteiger partial charge in [-0.2, -0.15) is 5.01 Å². The molecule has 2 aromatic rings. The van der Waals surface area contributed by atoms with Crippen molar-refractivity contribution in [2.24, 2.45) is 5.10 Å². The summed E-state index contributed by atoms with van der Waals surface area (Å²) in [5.41, 5.74) is 0.961. The Bertz CT molecular complexity index is 1190. The van der Waals surface area contributed by atoms with Crippen LogP contribution in [0.25, 0.3) is 0 Å². The molecule has 9 nitrogen and oxygen atoms in total. The van der Waals surface area contributed by atoms with Crippen LogP contribution >= 0.6 is 11.6 Å². The van der Waals surface area contributed by atoms with E-state index >= 15 is 0 Å². The molecule has 0 radical (unpaired) electrons. The molecule has 1 saturated carbocycles. The Morgan fingerprint density at radius 1 is 1.17 bits per heavy atom. The summed E-state index contributed by atoms with van der Waals surface area (Å²) in [6.45, 7) is -0.111. The Kier molecular flexibility index (Phi) is 6.36. The largest absolute Gasteiger partial charge is 0.487 e. The molecule has 1 fully saturated rings. The van der Waals surface area contributed by atoms with Gasteiger partial charge in [-0.15, -0.1) is 5.10 Å². The van der Waals surface area contributed by atoms with Crippen LogP contribution in [0.3, 0.4) is 0 Å². The maximum atomic E-state index is 13.1. The lowest BCUT2D eigenvalue weighted by molar-refractivity contribution is -0.129. The second kappa shape index (κ2) is 9.59. The number of aliphatic hydroxyl groups is 1. The molecule has 0 spiro atoms. The average Bonchev–Trinajstić information content (AvgIpc) is 3.51. The van der Waals surface area contributed by atoms with E-state index in [4.69, 9.17) is 16.3 Å². The normalized spacial score (nSPS) is 20.3. The van der Waals surface area contributed by atoms with Crippen LogP contribution < -0.4 is 20.7 Å². The molecule has 2 heterocycles. The number of rotatable bonds is 7. The van der Waals surface area contributed by atoms with E-state index in [1.54, 1.807) is 18.2 Å². The molecule has 0 saturated heterocycles. The van der Waals surface area contributed by atoms with Gasteiger partial charge in [0.25, 0.3) is 11.8 Å². The highest BCUT2D eigenvalue weighted by Gasteiger charge is 2.37. The fourth-order valence-electron chi connectivity index (χ4n) is 4.59. The Morgan fingerprint density at radius 2 is 1.94 bits per heavy atom. The van der Waals surface area contributed by atoms with Crippen LogP contribution in [-0.4, -0.2) is 52.8 Å². The number of hydrogen-bond acceptors (Lipinski definition) is 7. The van der Waals surface area contributed by atoms with Gasteiger partial charge in [-0.25, -0.2) is 0 Å². The third-order valence-corrected chi connectivity index (χ3v) is 6.76. The van der Waals surface area contributed by atoms with Crippen LogP contribution in [0.15, 0.2) is 65.4 Å². The summed E-state index contributed by atoms with van der Waals surface area (Å²) in [7, 11) is 0. The Labute approximate surface area is 207 Å². The number of hydrazone groups is 1. The third kappa shape index (κ3) is 4.69. The van der Waals surface area contributed by atoms with E-state index in [0.717, 1.165) is 18.4 Å². The lowest BCUT2D eigenvalue weighted by Gasteiger charge is -2.29. The van der Waals surface area contributed by atoms with E-state index in [0.29, 0.717) is 30.1 Å². The summed E-state index contributed by atoms with van der Waals surface area (Å²) in [6.07, 6.45) is 4.19. The van der Waals surface area contributed by atoms with Crippen LogP contribution in [0.4, 0.5) is 0 Å². The molecule has 2 aromatic carbocycles. The van der Waals surface area contributed by atoms with Crippen molar-refractivity contribution in [1.29, 1.82) is 0 Å².